The fourth-order valence-electron chi connectivity index (χ4n) is 20.1. The van der Waals surface area contributed by atoms with E-state index in [4.69, 9.17) is 15.0 Å². The molecular formula is C120H84N15Pt3-9. The summed E-state index contributed by atoms with van der Waals surface area (Å²) in [6.07, 6.45) is 0. The Morgan fingerprint density at radius 3 is 0.971 bits per heavy atom. The van der Waals surface area contributed by atoms with Crippen molar-refractivity contribution < 1.29 is 63.2 Å². The summed E-state index contributed by atoms with van der Waals surface area (Å²) in [5.74, 6) is 2.66. The van der Waals surface area contributed by atoms with Crippen molar-refractivity contribution in [3.05, 3.63) is 439 Å². The van der Waals surface area contributed by atoms with Gasteiger partial charge in [-0.3, -0.25) is 15.0 Å². The molecular weight excluding hydrogens is 2240 g/mol. The summed E-state index contributed by atoms with van der Waals surface area (Å²) < 4.78 is 13.4. The van der Waals surface area contributed by atoms with E-state index in [2.05, 4.69) is 519 Å². The Bertz CT molecular complexity index is 8610. The Balaban J connectivity index is 0.000000118. The van der Waals surface area contributed by atoms with Gasteiger partial charge in [0.1, 0.15) is 0 Å². The van der Waals surface area contributed by atoms with Gasteiger partial charge in [-0.05, 0) is 167 Å². The Hall–Kier alpha value is -15.4. The van der Waals surface area contributed by atoms with Gasteiger partial charge in [0.05, 0.1) is 50.6 Å². The van der Waals surface area contributed by atoms with Crippen LogP contribution in [-0.4, -0.2) is 63.5 Å². The number of rotatable bonds is 12. The Labute approximate surface area is 843 Å². The maximum atomic E-state index is 5.22. The molecule has 0 spiro atoms. The molecule has 24 aromatic rings. The van der Waals surface area contributed by atoms with Gasteiger partial charge >= 0.3 is 0 Å². The van der Waals surface area contributed by atoms with Crippen LogP contribution in [0.1, 0.15) is 0 Å². The molecule has 0 bridgehead atoms. The van der Waals surface area contributed by atoms with Gasteiger partial charge in [0, 0.05) is 141 Å². The molecule has 3 aliphatic rings. The maximum Gasteiger partial charge on any atom is 0.0849 e. The van der Waals surface area contributed by atoms with E-state index < -0.39 is 0 Å². The third-order valence-corrected chi connectivity index (χ3v) is 26.7. The molecule has 6 aromatic heterocycles. The second kappa shape index (κ2) is 36.0. The summed E-state index contributed by atoms with van der Waals surface area (Å²) in [6.45, 7) is 6.35. The van der Waals surface area contributed by atoms with E-state index in [9.17, 15) is 0 Å². The van der Waals surface area contributed by atoms with E-state index >= 15 is 0 Å². The molecule has 0 N–H and O–H groups in total. The minimum absolute atomic E-state index is 0. The van der Waals surface area contributed by atoms with Crippen LogP contribution in [0.2, 0.25) is 0 Å². The van der Waals surface area contributed by atoms with Crippen molar-refractivity contribution in [1.82, 2.24) is 42.4 Å². The third-order valence-electron chi connectivity index (χ3n) is 26.7. The van der Waals surface area contributed by atoms with Gasteiger partial charge in [0.2, 0.25) is 0 Å². The van der Waals surface area contributed by atoms with Crippen LogP contribution in [0.5, 0.6) is 0 Å². The van der Waals surface area contributed by atoms with E-state index in [1.807, 2.05) is 18.2 Å². The molecule has 0 saturated heterocycles. The molecule has 18 heteroatoms. The van der Waals surface area contributed by atoms with Crippen molar-refractivity contribution >= 4 is 150 Å². The van der Waals surface area contributed by atoms with Gasteiger partial charge < -0.3 is 56.8 Å². The molecule has 0 radical (unpaired) electrons. The van der Waals surface area contributed by atoms with Crippen LogP contribution in [0.4, 0.5) is 51.2 Å². The average Bonchev–Trinajstić information content (AvgIpc) is 1.59. The van der Waals surface area contributed by atoms with Crippen LogP contribution in [0, 0.1) is 56.4 Å². The topological polar surface area (TPSA) is 87.7 Å². The fraction of sp³-hybridized carbons (Fsp3) is 0.0500. The predicted molar refractivity (Wildman–Crippen MR) is 555 cm³/mol. The number of hydrogen-bond acceptors (Lipinski definition) is 9. The monoisotopic (exact) mass is 2320 g/mol. The van der Waals surface area contributed by atoms with Crippen molar-refractivity contribution in [2.75, 3.05) is 50.5 Å². The first-order valence-electron chi connectivity index (χ1n) is 45.3. The molecule has 0 fully saturated rings. The molecule has 0 saturated carbocycles. The zero-order chi connectivity index (χ0) is 90.2. The SMILES string of the molecule is CN1[CH-]N(c2[c-]c(-n3c4[c-]c(-c5nc6c(-c7ccccc7)cccc6n5C)ccc4c4ccccc43)ccc2)c2ccccc21.CN1[CH-]N(c2[c-]c(-n3c4[c-]c(-c5nc6cc(-c7ccccc7)ccc6n5C)ccc4c4ccccc43)ccc2)c2ccccc21.CN1[CH-]N(c2[c-]c(-n3c4[c-]c(-c5nc6ccc(-c7ccccc7)cc6n5C)ccc4c4ccccc43)ccc2)c2ccccc21.[Pt].[Pt].[Pt]. The summed E-state index contributed by atoms with van der Waals surface area (Å²) in [4.78, 5) is 28.5. The number of hydrogen-bond donors (Lipinski definition) is 0. The first-order valence-corrected chi connectivity index (χ1v) is 45.3. The van der Waals surface area contributed by atoms with Crippen molar-refractivity contribution in [2.24, 2.45) is 21.1 Å². The summed E-state index contributed by atoms with van der Waals surface area (Å²) in [7, 11) is 12.5. The Kier molecular flexibility index (Phi) is 23.0. The second-order valence-corrected chi connectivity index (χ2v) is 34.6. The molecule has 27 rings (SSSR count). The number of para-hydroxylation sites is 10. The largest absolute Gasteiger partial charge is 0.504 e. The van der Waals surface area contributed by atoms with Crippen LogP contribution in [0.15, 0.2) is 382 Å². The number of imidazole rings is 3. The average molecular weight is 2320 g/mol. The second-order valence-electron chi connectivity index (χ2n) is 34.6. The number of nitrogens with zero attached hydrogens (tertiary/aromatic N) is 15. The Morgan fingerprint density at radius 2 is 0.543 bits per heavy atom. The zero-order valence-corrected chi connectivity index (χ0v) is 82.6. The van der Waals surface area contributed by atoms with E-state index in [0.717, 1.165) is 184 Å². The van der Waals surface area contributed by atoms with Crippen molar-refractivity contribution in [3.63, 3.8) is 0 Å². The number of anilines is 9. The maximum absolute atomic E-state index is 5.22. The minimum atomic E-state index is 0. The standard InChI is InChI=1S/3C40H28N5.3Pt/c1-42-26-44(36-20-9-8-19-35(36)42)29-14-10-15-30(25-29)45-34-18-7-6-16-32(34)33-23-22-28(24-38(33)45)40-41-39-31(27-12-4-3-5-13-27)17-11-21-37(39)43(40)2;1-42-26-44(38-18-9-8-17-37(38)42)30-13-10-14-31(25-30)45-35-16-7-6-15-32(35)33-21-19-29(24-39(33)45)40-41-34-23-28(20-22-36(34)43(40)2)27-11-4-3-5-12-27;1-42-26-44(37-18-9-8-17-36(37)42)30-13-10-14-31(25-30)45-35-16-7-6-15-32(35)33-21-19-29(24-38(33)45)40-41-34-22-20-28(23-39(34)43(40)2)27-11-4-3-5-12-27;;;/h3*3-23,26H,1-2H3;;;/q3*-3;;;. The third kappa shape index (κ3) is 15.0. The van der Waals surface area contributed by atoms with Gasteiger partial charge in [0.25, 0.3) is 0 Å². The van der Waals surface area contributed by atoms with Crippen LogP contribution in [-0.2, 0) is 84.3 Å². The summed E-state index contributed by atoms with van der Waals surface area (Å²) in [5.41, 5.74) is 35.2. The van der Waals surface area contributed by atoms with E-state index in [-0.39, 0.29) is 63.2 Å². The van der Waals surface area contributed by atoms with Crippen LogP contribution >= 0.6 is 0 Å². The number of benzene rings is 18. The molecule has 18 aromatic carbocycles. The molecule has 0 unspecified atom stereocenters. The minimum Gasteiger partial charge on any atom is -0.504 e. The predicted octanol–water partition coefficient (Wildman–Crippen LogP) is 27.9. The molecule has 678 valence electrons. The van der Waals surface area contributed by atoms with Gasteiger partial charge in [-0.25, -0.2) is 0 Å². The van der Waals surface area contributed by atoms with Gasteiger partial charge in [0.15, 0.2) is 0 Å². The molecule has 9 heterocycles. The van der Waals surface area contributed by atoms with E-state index in [1.54, 1.807) is 0 Å². The summed E-state index contributed by atoms with van der Waals surface area (Å²) in [6, 6.07) is 157. The molecule has 0 atom stereocenters. The Morgan fingerprint density at radius 1 is 0.217 bits per heavy atom. The summed E-state index contributed by atoms with van der Waals surface area (Å²) in [5, 5.41) is 7.00. The summed E-state index contributed by atoms with van der Waals surface area (Å²) >= 11 is 0. The van der Waals surface area contributed by atoms with Crippen LogP contribution in [0.25, 0.3) is 183 Å². The first-order chi connectivity index (χ1) is 66.4. The zero-order valence-electron chi connectivity index (χ0n) is 75.8. The quantitative estimate of drug-likeness (QED) is 0.111. The van der Waals surface area contributed by atoms with E-state index in [0.29, 0.717) is 0 Å². The first kappa shape index (κ1) is 87.9. The molecule has 15 nitrogen and oxygen atoms in total. The van der Waals surface area contributed by atoms with Crippen molar-refractivity contribution in [3.8, 4) is 84.6 Å². The fourth-order valence-corrected chi connectivity index (χ4v) is 20.1. The van der Waals surface area contributed by atoms with E-state index in [1.165, 1.54) is 49.9 Å². The molecule has 0 amide bonds. The number of fused-ring (bicyclic) bond motifs is 15. The molecule has 3 aliphatic heterocycles. The van der Waals surface area contributed by atoms with Gasteiger partial charge in [-0.2, -0.15) is 38.2 Å². The smallest absolute Gasteiger partial charge is 0.0849 e. The van der Waals surface area contributed by atoms with Crippen LogP contribution < -0.4 is 29.4 Å². The number of aryl methyl sites for hydroxylation is 3. The van der Waals surface area contributed by atoms with Crippen molar-refractivity contribution in [2.45, 2.75) is 0 Å². The van der Waals surface area contributed by atoms with Gasteiger partial charge in [-0.15, -0.1) is 143 Å². The van der Waals surface area contributed by atoms with Crippen LogP contribution in [0.3, 0.4) is 0 Å². The number of aromatic nitrogens is 9. The molecule has 0 aliphatic carbocycles. The normalized spacial score (nSPS) is 12.7. The van der Waals surface area contributed by atoms with Gasteiger partial charge in [-0.1, -0.05) is 239 Å². The molecule has 138 heavy (non-hydrogen) atoms. The van der Waals surface area contributed by atoms with Crippen molar-refractivity contribution in [1.29, 1.82) is 0 Å².